The number of imidazole rings is 1. The molecule has 1 saturated carbocycles. The normalized spacial score (nSPS) is 14.6. The third-order valence-electron chi connectivity index (χ3n) is 6.81. The average molecular weight is 464 g/mol. The number of aryl methyl sites for hydroxylation is 2. The van der Waals surface area contributed by atoms with E-state index in [2.05, 4.69) is 20.4 Å². The Hall–Kier alpha value is -3.55. The molecule has 1 amide bonds. The molecule has 0 spiro atoms. The summed E-state index contributed by atoms with van der Waals surface area (Å²) in [5, 5.41) is 7.18. The summed E-state index contributed by atoms with van der Waals surface area (Å²) in [4.78, 5) is 20.6. The SMILES string of the molecule is Cc1c(Cc2ccc(-c3cnn(C)c3)c(F)c2F)cc(C(=O)NC2CCCCC2)c2[nH]cnc12. The maximum Gasteiger partial charge on any atom is 0.253 e. The highest BCUT2D eigenvalue weighted by Gasteiger charge is 2.22. The van der Waals surface area contributed by atoms with Crippen molar-refractivity contribution in [1.29, 1.82) is 0 Å². The van der Waals surface area contributed by atoms with Crippen LogP contribution in [0.4, 0.5) is 8.78 Å². The zero-order valence-corrected chi connectivity index (χ0v) is 19.3. The Kier molecular flexibility index (Phi) is 5.89. The molecule has 1 fully saturated rings. The zero-order valence-electron chi connectivity index (χ0n) is 19.3. The van der Waals surface area contributed by atoms with Crippen molar-refractivity contribution < 1.29 is 13.6 Å². The first-order chi connectivity index (χ1) is 16.4. The highest BCUT2D eigenvalue weighted by atomic mass is 19.2. The first kappa shape index (κ1) is 22.3. The Morgan fingerprint density at radius 1 is 1.18 bits per heavy atom. The number of amides is 1. The molecule has 2 aromatic carbocycles. The lowest BCUT2D eigenvalue weighted by atomic mass is 9.93. The third-order valence-corrected chi connectivity index (χ3v) is 6.81. The Balaban J connectivity index is 1.49. The Bertz CT molecular complexity index is 1370. The van der Waals surface area contributed by atoms with E-state index in [9.17, 15) is 9.18 Å². The number of nitrogens with zero attached hydrogens (tertiary/aromatic N) is 3. The second-order valence-corrected chi connectivity index (χ2v) is 9.12. The van der Waals surface area contributed by atoms with Crippen molar-refractivity contribution in [2.45, 2.75) is 51.5 Å². The van der Waals surface area contributed by atoms with Crippen LogP contribution in [0.5, 0.6) is 0 Å². The highest BCUT2D eigenvalue weighted by Crippen LogP contribution is 2.30. The third kappa shape index (κ3) is 4.08. The Morgan fingerprint density at radius 3 is 2.71 bits per heavy atom. The lowest BCUT2D eigenvalue weighted by Gasteiger charge is -2.23. The van der Waals surface area contributed by atoms with E-state index in [1.54, 1.807) is 42.5 Å². The molecule has 34 heavy (non-hydrogen) atoms. The van der Waals surface area contributed by atoms with Crippen LogP contribution < -0.4 is 5.32 Å². The van der Waals surface area contributed by atoms with Crippen LogP contribution in [0.15, 0.2) is 36.9 Å². The number of rotatable bonds is 5. The van der Waals surface area contributed by atoms with Crippen molar-refractivity contribution in [2.24, 2.45) is 7.05 Å². The molecule has 6 nitrogen and oxygen atoms in total. The van der Waals surface area contributed by atoms with E-state index in [0.717, 1.165) is 36.8 Å². The van der Waals surface area contributed by atoms with Crippen LogP contribution in [0.1, 0.15) is 59.2 Å². The number of hydrogen-bond acceptors (Lipinski definition) is 3. The van der Waals surface area contributed by atoms with Gasteiger partial charge in [0, 0.05) is 36.8 Å². The summed E-state index contributed by atoms with van der Waals surface area (Å²) in [6.45, 7) is 1.89. The van der Waals surface area contributed by atoms with Gasteiger partial charge in [0.25, 0.3) is 5.91 Å². The molecule has 0 saturated heterocycles. The van der Waals surface area contributed by atoms with Gasteiger partial charge in [0.1, 0.15) is 0 Å². The number of aromatic nitrogens is 4. The number of benzene rings is 2. The van der Waals surface area contributed by atoms with Gasteiger partial charge in [-0.25, -0.2) is 13.8 Å². The topological polar surface area (TPSA) is 75.6 Å². The molecular formula is C26H27F2N5O. The summed E-state index contributed by atoms with van der Waals surface area (Å²) < 4.78 is 31.6. The van der Waals surface area contributed by atoms with Gasteiger partial charge in [-0.2, -0.15) is 5.10 Å². The summed E-state index contributed by atoms with van der Waals surface area (Å²) in [5.74, 6) is -1.96. The molecule has 0 radical (unpaired) electrons. The monoisotopic (exact) mass is 463 g/mol. The van der Waals surface area contributed by atoms with Gasteiger partial charge in [-0.15, -0.1) is 0 Å². The van der Waals surface area contributed by atoms with Crippen molar-refractivity contribution in [2.75, 3.05) is 0 Å². The molecule has 1 aliphatic rings. The fraction of sp³-hybridized carbons (Fsp3) is 0.346. The number of carbonyl (C=O) groups is 1. The number of fused-ring (bicyclic) bond motifs is 1. The number of hydrogen-bond donors (Lipinski definition) is 2. The van der Waals surface area contributed by atoms with Crippen molar-refractivity contribution >= 4 is 16.9 Å². The molecule has 1 aliphatic carbocycles. The van der Waals surface area contributed by atoms with Crippen molar-refractivity contribution in [3.8, 4) is 11.1 Å². The summed E-state index contributed by atoms with van der Waals surface area (Å²) in [6.07, 6.45) is 10.2. The van der Waals surface area contributed by atoms with Gasteiger partial charge in [-0.1, -0.05) is 31.4 Å². The van der Waals surface area contributed by atoms with Gasteiger partial charge >= 0.3 is 0 Å². The molecule has 2 heterocycles. The second kappa shape index (κ2) is 9.00. The van der Waals surface area contributed by atoms with Gasteiger partial charge in [0.15, 0.2) is 11.6 Å². The standard InChI is InChI=1S/C26H27F2N5O/c1-15-17(10-16-8-9-20(23(28)22(16)27)18-12-31-33(2)13-18)11-21(25-24(15)29-14-30-25)26(34)32-19-6-4-3-5-7-19/h8-9,11-14,19H,3-7,10H2,1-2H3,(H,29,30)(H,32,34). The van der Waals surface area contributed by atoms with E-state index in [-0.39, 0.29) is 29.5 Å². The maximum atomic E-state index is 15.1. The summed E-state index contributed by atoms with van der Waals surface area (Å²) >= 11 is 0. The fourth-order valence-corrected chi connectivity index (χ4v) is 4.88. The number of carbonyl (C=O) groups excluding carboxylic acids is 1. The van der Waals surface area contributed by atoms with Gasteiger partial charge in [0.2, 0.25) is 0 Å². The van der Waals surface area contributed by atoms with E-state index in [4.69, 9.17) is 0 Å². The predicted octanol–water partition coefficient (Wildman–Crippen LogP) is 5.20. The lowest BCUT2D eigenvalue weighted by molar-refractivity contribution is 0.0929. The minimum Gasteiger partial charge on any atom is -0.349 e. The predicted molar refractivity (Wildman–Crippen MR) is 127 cm³/mol. The van der Waals surface area contributed by atoms with E-state index in [1.807, 2.05) is 6.92 Å². The van der Waals surface area contributed by atoms with Gasteiger partial charge in [-0.05, 0) is 42.5 Å². The van der Waals surface area contributed by atoms with Gasteiger partial charge < -0.3 is 10.3 Å². The molecular weight excluding hydrogens is 436 g/mol. The molecule has 0 aliphatic heterocycles. The van der Waals surface area contributed by atoms with E-state index < -0.39 is 11.6 Å². The average Bonchev–Trinajstić information content (AvgIpc) is 3.49. The number of nitrogens with one attached hydrogen (secondary N) is 2. The number of aromatic amines is 1. The van der Waals surface area contributed by atoms with Crippen LogP contribution in [0.25, 0.3) is 22.2 Å². The van der Waals surface area contributed by atoms with Crippen LogP contribution in [-0.4, -0.2) is 31.7 Å². The maximum absolute atomic E-state index is 15.1. The minimum atomic E-state index is -0.903. The number of halogens is 2. The van der Waals surface area contributed by atoms with E-state index in [0.29, 0.717) is 22.2 Å². The Morgan fingerprint density at radius 2 is 1.97 bits per heavy atom. The first-order valence-corrected chi connectivity index (χ1v) is 11.6. The minimum absolute atomic E-state index is 0.147. The smallest absolute Gasteiger partial charge is 0.253 e. The van der Waals surface area contributed by atoms with Crippen LogP contribution in [0.3, 0.4) is 0 Å². The largest absolute Gasteiger partial charge is 0.349 e. The summed E-state index contributed by atoms with van der Waals surface area (Å²) in [5.41, 5.74) is 4.28. The fourth-order valence-electron chi connectivity index (χ4n) is 4.88. The van der Waals surface area contributed by atoms with Crippen LogP contribution in [0, 0.1) is 18.6 Å². The molecule has 0 unspecified atom stereocenters. The van der Waals surface area contributed by atoms with Crippen LogP contribution in [0.2, 0.25) is 0 Å². The number of H-pyrrole nitrogens is 1. The molecule has 2 N–H and O–H groups in total. The van der Waals surface area contributed by atoms with Crippen LogP contribution in [-0.2, 0) is 13.5 Å². The molecule has 8 heteroatoms. The zero-order chi connectivity index (χ0) is 23.8. The van der Waals surface area contributed by atoms with Crippen LogP contribution >= 0.6 is 0 Å². The van der Waals surface area contributed by atoms with Gasteiger partial charge in [0.05, 0.1) is 29.1 Å². The van der Waals surface area contributed by atoms with E-state index >= 15 is 4.39 Å². The van der Waals surface area contributed by atoms with Crippen molar-refractivity contribution in [3.05, 3.63) is 70.8 Å². The van der Waals surface area contributed by atoms with Crippen molar-refractivity contribution in [1.82, 2.24) is 25.1 Å². The van der Waals surface area contributed by atoms with Crippen molar-refractivity contribution in [3.63, 3.8) is 0 Å². The molecule has 176 valence electrons. The second-order valence-electron chi connectivity index (χ2n) is 9.12. The molecule has 2 aromatic heterocycles. The van der Waals surface area contributed by atoms with E-state index in [1.165, 1.54) is 12.6 Å². The van der Waals surface area contributed by atoms with Gasteiger partial charge in [-0.3, -0.25) is 9.48 Å². The quantitative estimate of drug-likeness (QED) is 0.427. The molecule has 4 aromatic rings. The summed E-state index contributed by atoms with van der Waals surface area (Å²) in [6, 6.07) is 5.11. The molecule has 5 rings (SSSR count). The summed E-state index contributed by atoms with van der Waals surface area (Å²) in [7, 11) is 1.72. The molecule has 0 atom stereocenters. The first-order valence-electron chi connectivity index (χ1n) is 11.6. The lowest BCUT2D eigenvalue weighted by Crippen LogP contribution is -2.36. The highest BCUT2D eigenvalue weighted by molar-refractivity contribution is 6.06. The molecule has 0 bridgehead atoms. The Labute approximate surface area is 196 Å².